The average Bonchev–Trinajstić information content (AvgIpc) is 2.40. The third kappa shape index (κ3) is 3.27. The second-order valence-electron chi connectivity index (χ2n) is 4.08. The van der Waals surface area contributed by atoms with Crippen LogP contribution in [-0.4, -0.2) is 0 Å². The lowest BCUT2D eigenvalue weighted by Crippen LogP contribution is -2.05. The van der Waals surface area contributed by atoms with Crippen LogP contribution in [0.4, 0.5) is 17.6 Å². The largest absolute Gasteiger partial charge is 0.457 e. The van der Waals surface area contributed by atoms with E-state index in [-0.39, 0.29) is 18.0 Å². The van der Waals surface area contributed by atoms with Gasteiger partial charge in [0.1, 0.15) is 17.3 Å². The highest BCUT2D eigenvalue weighted by atomic mass is 19.4. The molecule has 6 heteroatoms. The number of nitrogens with two attached hydrogens (primary N) is 1. The summed E-state index contributed by atoms with van der Waals surface area (Å²) in [5.74, 6) is -0.240. The first-order chi connectivity index (χ1) is 9.40. The molecule has 0 fully saturated rings. The average molecular weight is 285 g/mol. The van der Waals surface area contributed by atoms with Crippen molar-refractivity contribution < 1.29 is 22.3 Å². The van der Waals surface area contributed by atoms with E-state index in [1.165, 1.54) is 24.3 Å². The maximum atomic E-state index is 13.0. The zero-order valence-corrected chi connectivity index (χ0v) is 10.2. The second-order valence-corrected chi connectivity index (χ2v) is 4.08. The van der Waals surface area contributed by atoms with Crippen molar-refractivity contribution in [3.8, 4) is 11.5 Å². The van der Waals surface area contributed by atoms with E-state index in [0.717, 1.165) is 18.2 Å². The van der Waals surface area contributed by atoms with Crippen LogP contribution in [0, 0.1) is 5.82 Å². The van der Waals surface area contributed by atoms with Crippen molar-refractivity contribution in [2.75, 3.05) is 0 Å². The van der Waals surface area contributed by atoms with Gasteiger partial charge in [0.15, 0.2) is 0 Å². The van der Waals surface area contributed by atoms with Gasteiger partial charge in [0.25, 0.3) is 0 Å². The molecule has 0 spiro atoms. The highest BCUT2D eigenvalue weighted by Crippen LogP contribution is 2.33. The van der Waals surface area contributed by atoms with Gasteiger partial charge in [-0.05, 0) is 36.4 Å². The van der Waals surface area contributed by atoms with Gasteiger partial charge in [-0.3, -0.25) is 0 Å². The van der Waals surface area contributed by atoms with Crippen molar-refractivity contribution in [3.63, 3.8) is 0 Å². The highest BCUT2D eigenvalue weighted by Gasteiger charge is 2.30. The molecule has 0 radical (unpaired) electrons. The predicted molar refractivity (Wildman–Crippen MR) is 65.8 cm³/mol. The van der Waals surface area contributed by atoms with Crippen LogP contribution in [0.5, 0.6) is 11.5 Å². The molecule has 0 bridgehead atoms. The van der Waals surface area contributed by atoms with E-state index in [0.29, 0.717) is 5.56 Å². The minimum Gasteiger partial charge on any atom is -0.457 e. The van der Waals surface area contributed by atoms with Crippen LogP contribution in [0.25, 0.3) is 0 Å². The number of hydrogen-bond donors (Lipinski definition) is 1. The highest BCUT2D eigenvalue weighted by molar-refractivity contribution is 5.39. The number of hydrogen-bond acceptors (Lipinski definition) is 2. The standard InChI is InChI=1S/C14H11F4NO/c15-11-4-5-13(9(6-11)8-19)20-12-3-1-2-10(7-12)14(16,17)18/h1-7H,8,19H2. The first-order valence-corrected chi connectivity index (χ1v) is 5.74. The van der Waals surface area contributed by atoms with Gasteiger partial charge in [-0.1, -0.05) is 6.07 Å². The van der Waals surface area contributed by atoms with Crippen LogP contribution in [0.1, 0.15) is 11.1 Å². The lowest BCUT2D eigenvalue weighted by molar-refractivity contribution is -0.137. The first-order valence-electron chi connectivity index (χ1n) is 5.74. The summed E-state index contributed by atoms with van der Waals surface area (Å²) in [4.78, 5) is 0. The zero-order valence-electron chi connectivity index (χ0n) is 10.2. The zero-order chi connectivity index (χ0) is 14.8. The van der Waals surface area contributed by atoms with Gasteiger partial charge in [-0.15, -0.1) is 0 Å². The topological polar surface area (TPSA) is 35.2 Å². The first kappa shape index (κ1) is 14.3. The number of ether oxygens (including phenoxy) is 1. The van der Waals surface area contributed by atoms with E-state index in [4.69, 9.17) is 10.5 Å². The fourth-order valence-electron chi connectivity index (χ4n) is 1.67. The van der Waals surface area contributed by atoms with Crippen molar-refractivity contribution in [1.82, 2.24) is 0 Å². The second kappa shape index (κ2) is 5.50. The lowest BCUT2D eigenvalue weighted by atomic mass is 10.2. The third-order valence-corrected chi connectivity index (χ3v) is 2.63. The minimum absolute atomic E-state index is 0.0149. The molecule has 106 valence electrons. The van der Waals surface area contributed by atoms with E-state index in [2.05, 4.69) is 0 Å². The van der Waals surface area contributed by atoms with E-state index in [1.54, 1.807) is 0 Å². The summed E-state index contributed by atoms with van der Waals surface area (Å²) >= 11 is 0. The molecule has 0 saturated heterocycles. The van der Waals surface area contributed by atoms with Gasteiger partial charge >= 0.3 is 6.18 Å². The lowest BCUT2D eigenvalue weighted by Gasteiger charge is -2.12. The summed E-state index contributed by atoms with van der Waals surface area (Å²) in [6, 6.07) is 8.12. The summed E-state index contributed by atoms with van der Waals surface area (Å²) < 4.78 is 56.1. The normalized spacial score (nSPS) is 11.4. The SMILES string of the molecule is NCc1cc(F)ccc1Oc1cccc(C(F)(F)F)c1. The molecule has 2 nitrogen and oxygen atoms in total. The molecule has 0 aliphatic rings. The molecule has 0 amide bonds. The van der Waals surface area contributed by atoms with Gasteiger partial charge < -0.3 is 10.5 Å². The van der Waals surface area contributed by atoms with Crippen LogP contribution in [0.3, 0.4) is 0 Å². The molecular weight excluding hydrogens is 274 g/mol. The number of alkyl halides is 3. The quantitative estimate of drug-likeness (QED) is 0.862. The maximum absolute atomic E-state index is 13.0. The van der Waals surface area contributed by atoms with Crippen LogP contribution in [0.2, 0.25) is 0 Å². The molecule has 0 heterocycles. The summed E-state index contributed by atoms with van der Waals surface area (Å²) in [6.45, 7) is 0.0199. The fourth-order valence-corrected chi connectivity index (χ4v) is 1.67. The van der Waals surface area contributed by atoms with Gasteiger partial charge in [0.05, 0.1) is 5.56 Å². The molecule has 0 saturated carbocycles. The van der Waals surface area contributed by atoms with Crippen molar-refractivity contribution in [2.24, 2.45) is 5.73 Å². The Morgan fingerprint density at radius 3 is 2.45 bits per heavy atom. The van der Waals surface area contributed by atoms with Crippen LogP contribution < -0.4 is 10.5 Å². The molecule has 20 heavy (non-hydrogen) atoms. The van der Waals surface area contributed by atoms with Gasteiger partial charge in [-0.25, -0.2) is 4.39 Å². The minimum atomic E-state index is -4.45. The van der Waals surface area contributed by atoms with Crippen LogP contribution in [0.15, 0.2) is 42.5 Å². The Bertz CT molecular complexity index is 610. The van der Waals surface area contributed by atoms with Crippen LogP contribution >= 0.6 is 0 Å². The molecule has 2 aromatic carbocycles. The number of benzene rings is 2. The molecule has 0 unspecified atom stereocenters. The van der Waals surface area contributed by atoms with E-state index in [9.17, 15) is 17.6 Å². The Kier molecular flexibility index (Phi) is 3.94. The summed E-state index contributed by atoms with van der Waals surface area (Å²) in [5.41, 5.74) is 5.01. The van der Waals surface area contributed by atoms with Crippen molar-refractivity contribution in [3.05, 3.63) is 59.4 Å². The van der Waals surface area contributed by atoms with Crippen LogP contribution in [-0.2, 0) is 12.7 Å². The third-order valence-electron chi connectivity index (χ3n) is 2.63. The monoisotopic (exact) mass is 285 g/mol. The molecule has 2 rings (SSSR count). The Hall–Kier alpha value is -2.08. The molecule has 0 atom stereocenters. The summed E-state index contributed by atoms with van der Waals surface area (Å²) in [5, 5.41) is 0. The molecule has 0 aliphatic carbocycles. The molecular formula is C14H11F4NO. The Morgan fingerprint density at radius 1 is 1.05 bits per heavy atom. The molecule has 2 N–H and O–H groups in total. The Labute approximate surface area is 112 Å². The summed E-state index contributed by atoms with van der Waals surface area (Å²) in [6.07, 6.45) is -4.45. The molecule has 0 aromatic heterocycles. The van der Waals surface area contributed by atoms with Crippen molar-refractivity contribution in [1.29, 1.82) is 0 Å². The smallest absolute Gasteiger partial charge is 0.416 e. The maximum Gasteiger partial charge on any atom is 0.416 e. The van der Waals surface area contributed by atoms with Gasteiger partial charge in [0.2, 0.25) is 0 Å². The summed E-state index contributed by atoms with van der Waals surface area (Å²) in [7, 11) is 0. The van der Waals surface area contributed by atoms with Gasteiger partial charge in [0, 0.05) is 12.1 Å². The Balaban J connectivity index is 2.31. The van der Waals surface area contributed by atoms with E-state index in [1.807, 2.05) is 0 Å². The van der Waals surface area contributed by atoms with Gasteiger partial charge in [-0.2, -0.15) is 13.2 Å². The van der Waals surface area contributed by atoms with Crippen molar-refractivity contribution >= 4 is 0 Å². The molecule has 0 aliphatic heterocycles. The fraction of sp³-hybridized carbons (Fsp3) is 0.143. The number of rotatable bonds is 3. The Morgan fingerprint density at radius 2 is 1.80 bits per heavy atom. The number of halogens is 4. The van der Waals surface area contributed by atoms with E-state index < -0.39 is 17.6 Å². The molecule has 2 aromatic rings. The van der Waals surface area contributed by atoms with E-state index >= 15 is 0 Å². The predicted octanol–water partition coefficient (Wildman–Crippen LogP) is 4.10. The van der Waals surface area contributed by atoms with Crippen molar-refractivity contribution in [2.45, 2.75) is 12.7 Å².